The fourth-order valence-electron chi connectivity index (χ4n) is 5.65. The normalized spacial score (nSPS) is 12.4. The SMILES string of the molecule is c1ccc2c(c1)[nH]c1cc3c(cc12)[nH]c1cc2c4ccccc4c4ccccc4c2cc13. The van der Waals surface area contributed by atoms with E-state index in [1.54, 1.807) is 0 Å². The minimum absolute atomic E-state index is 1.18. The molecule has 0 aliphatic carbocycles. The van der Waals surface area contributed by atoms with Crippen LogP contribution >= 0.6 is 0 Å². The second-order valence-electron chi connectivity index (χ2n) is 8.77. The van der Waals surface area contributed by atoms with Crippen LogP contribution in [0.5, 0.6) is 0 Å². The highest BCUT2D eigenvalue weighted by atomic mass is 14.7. The molecule has 2 heteroatoms. The van der Waals surface area contributed by atoms with Crippen LogP contribution in [0.1, 0.15) is 0 Å². The first kappa shape index (κ1) is 16.4. The van der Waals surface area contributed by atoms with Crippen molar-refractivity contribution in [2.45, 2.75) is 0 Å². The van der Waals surface area contributed by atoms with Gasteiger partial charge in [0.25, 0.3) is 0 Å². The van der Waals surface area contributed by atoms with Crippen molar-refractivity contribution in [3.05, 3.63) is 97.1 Å². The van der Waals surface area contributed by atoms with Gasteiger partial charge in [-0.25, -0.2) is 0 Å². The molecule has 0 aliphatic heterocycles. The standard InChI is InChI=1S/C30H18N2/c1-3-9-19-17(7-1)18-8-2-4-10-20(18)23-14-28-24(13-22(19)23)26-16-29-25(15-30(26)32-28)21-11-5-6-12-27(21)31-29/h1-16,31-32H. The lowest BCUT2D eigenvalue weighted by Gasteiger charge is -2.10. The molecular formula is C30H18N2. The van der Waals surface area contributed by atoms with E-state index in [2.05, 4.69) is 107 Å². The summed E-state index contributed by atoms with van der Waals surface area (Å²) >= 11 is 0. The molecule has 0 amide bonds. The molecule has 0 spiro atoms. The quantitative estimate of drug-likeness (QED) is 0.237. The average molecular weight is 406 g/mol. The maximum atomic E-state index is 3.72. The van der Waals surface area contributed by atoms with Crippen LogP contribution in [0, 0.1) is 0 Å². The molecular weight excluding hydrogens is 388 g/mol. The van der Waals surface area contributed by atoms with Crippen molar-refractivity contribution in [1.82, 2.24) is 9.97 Å². The Kier molecular flexibility index (Phi) is 2.91. The Morgan fingerprint density at radius 2 is 0.656 bits per heavy atom. The fraction of sp³-hybridized carbons (Fsp3) is 0. The van der Waals surface area contributed by atoms with E-state index in [4.69, 9.17) is 0 Å². The summed E-state index contributed by atoms with van der Waals surface area (Å²) in [5.74, 6) is 0. The molecule has 8 rings (SSSR count). The zero-order chi connectivity index (χ0) is 20.8. The van der Waals surface area contributed by atoms with Gasteiger partial charge in [-0.15, -0.1) is 0 Å². The highest BCUT2D eigenvalue weighted by molar-refractivity contribution is 6.29. The first-order chi connectivity index (χ1) is 15.8. The second kappa shape index (κ2) is 5.68. The predicted octanol–water partition coefficient (Wildman–Crippen LogP) is 8.42. The van der Waals surface area contributed by atoms with Gasteiger partial charge >= 0.3 is 0 Å². The van der Waals surface area contributed by atoms with E-state index < -0.39 is 0 Å². The monoisotopic (exact) mass is 406 g/mol. The van der Waals surface area contributed by atoms with Gasteiger partial charge in [-0.3, -0.25) is 0 Å². The van der Waals surface area contributed by atoms with Crippen molar-refractivity contribution >= 4 is 75.9 Å². The molecule has 0 fully saturated rings. The van der Waals surface area contributed by atoms with Crippen LogP contribution < -0.4 is 0 Å². The molecule has 32 heavy (non-hydrogen) atoms. The summed E-state index contributed by atoms with van der Waals surface area (Å²) in [6.07, 6.45) is 0. The lowest BCUT2D eigenvalue weighted by Crippen LogP contribution is -1.83. The minimum Gasteiger partial charge on any atom is -0.354 e. The van der Waals surface area contributed by atoms with Crippen LogP contribution in [0.4, 0.5) is 0 Å². The maximum Gasteiger partial charge on any atom is 0.0472 e. The number of aromatic amines is 2. The number of H-pyrrole nitrogens is 2. The summed E-state index contributed by atoms with van der Waals surface area (Å²) in [5, 5.41) is 12.9. The smallest absolute Gasteiger partial charge is 0.0472 e. The third-order valence-electron chi connectivity index (χ3n) is 7.09. The van der Waals surface area contributed by atoms with Crippen LogP contribution in [-0.2, 0) is 0 Å². The van der Waals surface area contributed by atoms with Gasteiger partial charge in [0.2, 0.25) is 0 Å². The van der Waals surface area contributed by atoms with Gasteiger partial charge in [-0.1, -0.05) is 66.7 Å². The zero-order valence-electron chi connectivity index (χ0n) is 17.2. The van der Waals surface area contributed by atoms with Crippen LogP contribution in [0.25, 0.3) is 75.9 Å². The first-order valence-electron chi connectivity index (χ1n) is 11.0. The molecule has 0 saturated carbocycles. The number of hydrogen-bond donors (Lipinski definition) is 2. The lowest BCUT2D eigenvalue weighted by molar-refractivity contribution is 1.54. The molecule has 0 unspecified atom stereocenters. The molecule has 0 saturated heterocycles. The molecule has 148 valence electrons. The average Bonchev–Trinajstić information content (AvgIpc) is 3.38. The number of benzene rings is 6. The van der Waals surface area contributed by atoms with E-state index in [1.807, 2.05) is 0 Å². The summed E-state index contributed by atoms with van der Waals surface area (Å²) in [5.41, 5.74) is 4.73. The third kappa shape index (κ3) is 1.99. The molecule has 0 bridgehead atoms. The molecule has 8 aromatic rings. The minimum atomic E-state index is 1.18. The molecule has 0 radical (unpaired) electrons. The van der Waals surface area contributed by atoms with E-state index >= 15 is 0 Å². The van der Waals surface area contributed by atoms with Crippen molar-refractivity contribution in [3.63, 3.8) is 0 Å². The molecule has 2 aromatic heterocycles. The third-order valence-corrected chi connectivity index (χ3v) is 7.09. The predicted molar refractivity (Wildman–Crippen MR) is 138 cm³/mol. The van der Waals surface area contributed by atoms with Crippen LogP contribution in [0.15, 0.2) is 97.1 Å². The summed E-state index contributed by atoms with van der Waals surface area (Å²) in [6.45, 7) is 0. The Labute approximate surface area is 183 Å². The first-order valence-corrected chi connectivity index (χ1v) is 11.0. The largest absolute Gasteiger partial charge is 0.354 e. The van der Waals surface area contributed by atoms with Gasteiger partial charge in [-0.05, 0) is 62.6 Å². The Balaban J connectivity index is 1.58. The van der Waals surface area contributed by atoms with Crippen LogP contribution in [0.2, 0.25) is 0 Å². The fourth-order valence-corrected chi connectivity index (χ4v) is 5.65. The summed E-state index contributed by atoms with van der Waals surface area (Å²) < 4.78 is 0. The van der Waals surface area contributed by atoms with Gasteiger partial charge in [-0.2, -0.15) is 0 Å². The maximum absolute atomic E-state index is 3.72. The number of fused-ring (bicyclic) bond motifs is 12. The Hall–Kier alpha value is -4.30. The van der Waals surface area contributed by atoms with Crippen molar-refractivity contribution in [2.75, 3.05) is 0 Å². The van der Waals surface area contributed by atoms with E-state index in [1.165, 1.54) is 75.9 Å². The van der Waals surface area contributed by atoms with E-state index in [9.17, 15) is 0 Å². The van der Waals surface area contributed by atoms with Gasteiger partial charge in [0.05, 0.1) is 0 Å². The van der Waals surface area contributed by atoms with Gasteiger partial charge in [0, 0.05) is 43.6 Å². The van der Waals surface area contributed by atoms with Crippen molar-refractivity contribution in [3.8, 4) is 0 Å². The Morgan fingerprint density at radius 3 is 1.28 bits per heavy atom. The van der Waals surface area contributed by atoms with Crippen LogP contribution in [0.3, 0.4) is 0 Å². The molecule has 0 aliphatic rings. The molecule has 0 atom stereocenters. The van der Waals surface area contributed by atoms with Gasteiger partial charge < -0.3 is 9.97 Å². The summed E-state index contributed by atoms with van der Waals surface area (Å²) in [4.78, 5) is 7.32. The topological polar surface area (TPSA) is 31.6 Å². The van der Waals surface area contributed by atoms with Crippen molar-refractivity contribution in [1.29, 1.82) is 0 Å². The van der Waals surface area contributed by atoms with Crippen LogP contribution in [-0.4, -0.2) is 9.97 Å². The van der Waals surface area contributed by atoms with Crippen molar-refractivity contribution < 1.29 is 0 Å². The Bertz CT molecular complexity index is 2040. The zero-order valence-corrected chi connectivity index (χ0v) is 17.2. The summed E-state index contributed by atoms with van der Waals surface area (Å²) in [6, 6.07) is 35.4. The molecule has 6 aromatic carbocycles. The van der Waals surface area contributed by atoms with E-state index in [0.717, 1.165) is 0 Å². The van der Waals surface area contributed by atoms with Crippen molar-refractivity contribution in [2.24, 2.45) is 0 Å². The number of para-hydroxylation sites is 1. The van der Waals surface area contributed by atoms with E-state index in [0.29, 0.717) is 0 Å². The second-order valence-corrected chi connectivity index (χ2v) is 8.77. The highest BCUT2D eigenvalue weighted by Crippen LogP contribution is 2.39. The molecule has 2 nitrogen and oxygen atoms in total. The lowest BCUT2D eigenvalue weighted by atomic mass is 9.93. The molecule has 2 heterocycles. The van der Waals surface area contributed by atoms with Gasteiger partial charge in [0.15, 0.2) is 0 Å². The number of aromatic nitrogens is 2. The number of hydrogen-bond acceptors (Lipinski definition) is 0. The Morgan fingerprint density at radius 1 is 0.281 bits per heavy atom. The van der Waals surface area contributed by atoms with Gasteiger partial charge in [0.1, 0.15) is 0 Å². The highest BCUT2D eigenvalue weighted by Gasteiger charge is 2.13. The number of nitrogens with one attached hydrogen (secondary N) is 2. The summed E-state index contributed by atoms with van der Waals surface area (Å²) in [7, 11) is 0. The molecule has 2 N–H and O–H groups in total. The number of rotatable bonds is 0. The van der Waals surface area contributed by atoms with E-state index in [-0.39, 0.29) is 0 Å².